The molecule has 3 rings (SSSR count). The van der Waals surface area contributed by atoms with Gasteiger partial charge in [0.15, 0.2) is 0 Å². The van der Waals surface area contributed by atoms with Crippen molar-refractivity contribution in [1.82, 2.24) is 9.80 Å². The Morgan fingerprint density at radius 2 is 1.70 bits per heavy atom. The highest BCUT2D eigenvalue weighted by molar-refractivity contribution is 5.88. The zero-order chi connectivity index (χ0) is 16.1. The van der Waals surface area contributed by atoms with Crippen LogP contribution in [0.3, 0.4) is 0 Å². The molecule has 1 aliphatic rings. The van der Waals surface area contributed by atoms with Gasteiger partial charge in [-0.3, -0.25) is 9.80 Å². The molecule has 1 atom stereocenters. The first-order valence-electron chi connectivity index (χ1n) is 8.46. The molecule has 23 heavy (non-hydrogen) atoms. The summed E-state index contributed by atoms with van der Waals surface area (Å²) < 4.78 is 6.02. The van der Waals surface area contributed by atoms with Crippen LogP contribution in [0.2, 0.25) is 0 Å². The van der Waals surface area contributed by atoms with Gasteiger partial charge in [0, 0.05) is 44.7 Å². The van der Waals surface area contributed by atoms with E-state index in [1.165, 1.54) is 10.8 Å². The number of benzene rings is 2. The van der Waals surface area contributed by atoms with E-state index in [-0.39, 0.29) is 6.10 Å². The van der Waals surface area contributed by atoms with Crippen LogP contribution in [0.4, 0.5) is 0 Å². The Morgan fingerprint density at radius 3 is 2.48 bits per heavy atom. The van der Waals surface area contributed by atoms with E-state index in [2.05, 4.69) is 40.1 Å². The summed E-state index contributed by atoms with van der Waals surface area (Å²) in [6.45, 7) is 8.44. The predicted molar refractivity (Wildman–Crippen MR) is 94.0 cm³/mol. The fourth-order valence-corrected chi connectivity index (χ4v) is 3.18. The number of rotatable bonds is 6. The summed E-state index contributed by atoms with van der Waals surface area (Å²) in [7, 11) is 0. The van der Waals surface area contributed by atoms with Crippen LogP contribution in [0.5, 0.6) is 5.75 Å². The molecule has 1 fully saturated rings. The first-order chi connectivity index (χ1) is 11.2. The maximum absolute atomic E-state index is 9.45. The number of β-amino-alcohol motifs (C(OH)–C–C–N with tert-alkyl or cyclic N) is 1. The Morgan fingerprint density at radius 1 is 1.00 bits per heavy atom. The van der Waals surface area contributed by atoms with Crippen molar-refractivity contribution < 1.29 is 9.84 Å². The van der Waals surface area contributed by atoms with Gasteiger partial charge in [-0.2, -0.15) is 0 Å². The first kappa shape index (κ1) is 16.2. The van der Waals surface area contributed by atoms with E-state index in [0.29, 0.717) is 6.61 Å². The van der Waals surface area contributed by atoms with Crippen LogP contribution in [0.1, 0.15) is 6.92 Å². The molecule has 1 aliphatic heterocycles. The van der Waals surface area contributed by atoms with Gasteiger partial charge in [0.05, 0.1) is 6.10 Å². The summed E-state index contributed by atoms with van der Waals surface area (Å²) in [5.74, 6) is 0.968. The average molecular weight is 314 g/mol. The second-order valence-electron chi connectivity index (χ2n) is 6.32. The Hall–Kier alpha value is -1.62. The number of aliphatic hydroxyl groups excluding tert-OH is 1. The van der Waals surface area contributed by atoms with Crippen molar-refractivity contribution in [3.63, 3.8) is 0 Å². The largest absolute Gasteiger partial charge is 0.492 e. The highest BCUT2D eigenvalue weighted by atomic mass is 16.5. The van der Waals surface area contributed by atoms with Crippen molar-refractivity contribution in [2.75, 3.05) is 45.9 Å². The maximum Gasteiger partial charge on any atom is 0.127 e. The smallest absolute Gasteiger partial charge is 0.127 e. The van der Waals surface area contributed by atoms with Gasteiger partial charge in [-0.25, -0.2) is 0 Å². The molecular weight excluding hydrogens is 288 g/mol. The van der Waals surface area contributed by atoms with Gasteiger partial charge in [0.25, 0.3) is 0 Å². The van der Waals surface area contributed by atoms with E-state index in [4.69, 9.17) is 4.74 Å². The molecular formula is C19H26N2O2. The molecule has 1 N–H and O–H groups in total. The van der Waals surface area contributed by atoms with Gasteiger partial charge < -0.3 is 9.84 Å². The summed E-state index contributed by atoms with van der Waals surface area (Å²) in [5, 5.41) is 11.8. The summed E-state index contributed by atoms with van der Waals surface area (Å²) in [6.07, 6.45) is -0.240. The number of nitrogens with zero attached hydrogens (tertiary/aromatic N) is 2. The lowest BCUT2D eigenvalue weighted by Crippen LogP contribution is -2.49. The van der Waals surface area contributed by atoms with Crippen LogP contribution in [0.15, 0.2) is 42.5 Å². The van der Waals surface area contributed by atoms with E-state index >= 15 is 0 Å². The third-order valence-corrected chi connectivity index (χ3v) is 4.40. The molecule has 4 nitrogen and oxygen atoms in total. The van der Waals surface area contributed by atoms with Crippen molar-refractivity contribution >= 4 is 10.8 Å². The molecule has 0 unspecified atom stereocenters. The molecule has 0 amide bonds. The van der Waals surface area contributed by atoms with Crippen LogP contribution in [-0.2, 0) is 0 Å². The average Bonchev–Trinajstić information content (AvgIpc) is 2.56. The topological polar surface area (TPSA) is 35.9 Å². The second kappa shape index (κ2) is 7.77. The normalized spacial score (nSPS) is 18.2. The lowest BCUT2D eigenvalue weighted by Gasteiger charge is -2.35. The Balaban J connectivity index is 1.47. The Labute approximate surface area is 138 Å². The molecule has 124 valence electrons. The number of piperazine rings is 1. The summed E-state index contributed by atoms with van der Waals surface area (Å²) >= 11 is 0. The summed E-state index contributed by atoms with van der Waals surface area (Å²) in [6, 6.07) is 14.5. The molecule has 0 aliphatic carbocycles. The molecule has 1 saturated heterocycles. The van der Waals surface area contributed by atoms with Gasteiger partial charge in [0.1, 0.15) is 12.4 Å². The van der Waals surface area contributed by atoms with E-state index in [9.17, 15) is 5.11 Å². The highest BCUT2D eigenvalue weighted by Crippen LogP contribution is 2.25. The Kier molecular flexibility index (Phi) is 5.49. The Bertz CT molecular complexity index is 616. The quantitative estimate of drug-likeness (QED) is 0.887. The van der Waals surface area contributed by atoms with Gasteiger partial charge in [-0.1, -0.05) is 36.4 Å². The van der Waals surface area contributed by atoms with Crippen molar-refractivity contribution in [2.45, 2.75) is 13.0 Å². The number of aliphatic hydroxyl groups is 1. The summed E-state index contributed by atoms with van der Waals surface area (Å²) in [5.41, 5.74) is 0. The van der Waals surface area contributed by atoms with Crippen LogP contribution in [0.25, 0.3) is 10.8 Å². The number of hydrogen-bond donors (Lipinski definition) is 1. The van der Waals surface area contributed by atoms with Crippen molar-refractivity contribution in [2.24, 2.45) is 0 Å². The molecule has 0 bridgehead atoms. The number of fused-ring (bicyclic) bond motifs is 1. The monoisotopic (exact) mass is 314 g/mol. The van der Waals surface area contributed by atoms with Crippen molar-refractivity contribution in [1.29, 1.82) is 0 Å². The minimum atomic E-state index is -0.240. The zero-order valence-corrected chi connectivity index (χ0v) is 13.8. The predicted octanol–water partition coefficient (Wildman–Crippen LogP) is 2.22. The third kappa shape index (κ3) is 4.44. The van der Waals surface area contributed by atoms with E-state index in [1.54, 1.807) is 0 Å². The molecule has 0 spiro atoms. The lowest BCUT2D eigenvalue weighted by molar-refractivity contribution is 0.0751. The third-order valence-electron chi connectivity index (χ3n) is 4.40. The molecule has 2 aromatic rings. The van der Waals surface area contributed by atoms with E-state index in [1.807, 2.05) is 19.1 Å². The molecule has 1 heterocycles. The first-order valence-corrected chi connectivity index (χ1v) is 8.46. The van der Waals surface area contributed by atoms with Crippen LogP contribution in [-0.4, -0.2) is 66.9 Å². The van der Waals surface area contributed by atoms with Gasteiger partial charge in [0.2, 0.25) is 0 Å². The molecule has 0 aromatic heterocycles. The fourth-order valence-electron chi connectivity index (χ4n) is 3.18. The van der Waals surface area contributed by atoms with Crippen LogP contribution in [0, 0.1) is 0 Å². The summed E-state index contributed by atoms with van der Waals surface area (Å²) in [4.78, 5) is 4.76. The highest BCUT2D eigenvalue weighted by Gasteiger charge is 2.17. The number of hydrogen-bond acceptors (Lipinski definition) is 4. The van der Waals surface area contributed by atoms with E-state index in [0.717, 1.165) is 45.0 Å². The van der Waals surface area contributed by atoms with Gasteiger partial charge >= 0.3 is 0 Å². The van der Waals surface area contributed by atoms with Crippen molar-refractivity contribution in [3.05, 3.63) is 42.5 Å². The van der Waals surface area contributed by atoms with Crippen LogP contribution >= 0.6 is 0 Å². The second-order valence-corrected chi connectivity index (χ2v) is 6.32. The molecule has 0 radical (unpaired) electrons. The molecule has 2 aromatic carbocycles. The van der Waals surface area contributed by atoms with Crippen molar-refractivity contribution in [3.8, 4) is 5.75 Å². The standard InChI is InChI=1S/C19H26N2O2/c1-16(22)15-21-11-9-20(10-12-21)13-14-23-19-8-4-6-17-5-2-3-7-18(17)19/h2-8,16,22H,9-15H2,1H3/t16-/m0/s1. The minimum Gasteiger partial charge on any atom is -0.492 e. The maximum atomic E-state index is 9.45. The molecule has 4 heteroatoms. The zero-order valence-electron chi connectivity index (χ0n) is 13.8. The van der Waals surface area contributed by atoms with Crippen LogP contribution < -0.4 is 4.74 Å². The van der Waals surface area contributed by atoms with Gasteiger partial charge in [-0.15, -0.1) is 0 Å². The SMILES string of the molecule is C[C@H](O)CN1CCN(CCOc2cccc3ccccc23)CC1. The van der Waals surface area contributed by atoms with Gasteiger partial charge in [-0.05, 0) is 18.4 Å². The lowest BCUT2D eigenvalue weighted by atomic mass is 10.1. The fraction of sp³-hybridized carbons (Fsp3) is 0.474. The minimum absolute atomic E-state index is 0.240. The molecule has 0 saturated carbocycles. The van der Waals surface area contributed by atoms with E-state index < -0.39 is 0 Å². The number of ether oxygens (including phenoxy) is 1.